The second-order valence-corrected chi connectivity index (χ2v) is 7.50. The van der Waals surface area contributed by atoms with Crippen LogP contribution >= 0.6 is 0 Å². The van der Waals surface area contributed by atoms with E-state index in [9.17, 15) is 14.9 Å². The molecular formula is C25H32N2O3. The monoisotopic (exact) mass is 408 g/mol. The van der Waals surface area contributed by atoms with Gasteiger partial charge in [0.05, 0.1) is 4.92 Å². The average Bonchev–Trinajstić information content (AvgIpc) is 2.77. The van der Waals surface area contributed by atoms with E-state index in [4.69, 9.17) is 0 Å². The fraction of sp³-hybridized carbons (Fsp3) is 0.400. The van der Waals surface area contributed by atoms with Gasteiger partial charge in [-0.15, -0.1) is 0 Å². The number of nitrogens with zero attached hydrogens (tertiary/aromatic N) is 1. The first-order valence-corrected chi connectivity index (χ1v) is 10.9. The summed E-state index contributed by atoms with van der Waals surface area (Å²) in [5.74, 6) is -0.177. The normalized spacial score (nSPS) is 11.3. The fourth-order valence-electron chi connectivity index (χ4n) is 3.39. The van der Waals surface area contributed by atoms with Crippen molar-refractivity contribution in [1.29, 1.82) is 0 Å². The van der Waals surface area contributed by atoms with Crippen LogP contribution < -0.4 is 5.32 Å². The zero-order valence-corrected chi connectivity index (χ0v) is 17.8. The molecule has 0 aromatic heterocycles. The number of nitro groups is 1. The fourth-order valence-corrected chi connectivity index (χ4v) is 3.39. The highest BCUT2D eigenvalue weighted by atomic mass is 16.6. The van der Waals surface area contributed by atoms with Gasteiger partial charge in [0.1, 0.15) is 0 Å². The molecule has 0 aliphatic carbocycles. The van der Waals surface area contributed by atoms with Gasteiger partial charge in [0.15, 0.2) is 0 Å². The van der Waals surface area contributed by atoms with Crippen LogP contribution in [0.15, 0.2) is 60.7 Å². The Morgan fingerprint density at radius 2 is 1.53 bits per heavy atom. The standard InChI is InChI=1S/C25H32N2O3/c1-2-3-4-5-6-7-8-12-18-26-25(28)20-24(21-14-10-9-11-15-21)22-16-13-17-23(19-22)27(29)30/h9-11,13-17,19-20H,2-8,12,18H2,1H3,(H,26,28). The SMILES string of the molecule is CCCCCCCCCCNC(=O)C=C(c1ccccc1)c1cccc([N+](=O)[O-])c1. The zero-order chi connectivity index (χ0) is 21.6. The summed E-state index contributed by atoms with van der Waals surface area (Å²) in [7, 11) is 0. The topological polar surface area (TPSA) is 72.2 Å². The minimum absolute atomic E-state index is 0.00803. The quantitative estimate of drug-likeness (QED) is 0.183. The molecule has 0 heterocycles. The van der Waals surface area contributed by atoms with Crippen LogP contribution in [0.5, 0.6) is 0 Å². The van der Waals surface area contributed by atoms with E-state index < -0.39 is 4.92 Å². The van der Waals surface area contributed by atoms with Crippen LogP contribution in [-0.4, -0.2) is 17.4 Å². The summed E-state index contributed by atoms with van der Waals surface area (Å²) in [5, 5.41) is 14.1. The van der Waals surface area contributed by atoms with Crippen molar-refractivity contribution in [1.82, 2.24) is 5.32 Å². The second-order valence-electron chi connectivity index (χ2n) is 7.50. The number of carbonyl (C=O) groups excluding carboxylic acids is 1. The second kappa shape index (κ2) is 13.3. The van der Waals surface area contributed by atoms with Gasteiger partial charge in [-0.25, -0.2) is 0 Å². The van der Waals surface area contributed by atoms with E-state index in [-0.39, 0.29) is 11.6 Å². The highest BCUT2D eigenvalue weighted by molar-refractivity contribution is 5.99. The predicted molar refractivity (Wildman–Crippen MR) is 122 cm³/mol. The Balaban J connectivity index is 1.95. The summed E-state index contributed by atoms with van der Waals surface area (Å²) >= 11 is 0. The van der Waals surface area contributed by atoms with Gasteiger partial charge in [0.25, 0.3) is 5.69 Å². The minimum atomic E-state index is -0.422. The molecule has 160 valence electrons. The van der Waals surface area contributed by atoms with Crippen LogP contribution in [0.4, 0.5) is 5.69 Å². The smallest absolute Gasteiger partial charge is 0.270 e. The summed E-state index contributed by atoms with van der Waals surface area (Å²) in [6, 6.07) is 15.9. The highest BCUT2D eigenvalue weighted by Crippen LogP contribution is 2.26. The number of unbranched alkanes of at least 4 members (excludes halogenated alkanes) is 7. The zero-order valence-electron chi connectivity index (χ0n) is 17.8. The van der Waals surface area contributed by atoms with E-state index in [0.717, 1.165) is 18.4 Å². The Morgan fingerprint density at radius 3 is 2.20 bits per heavy atom. The Labute approximate surface area is 179 Å². The molecule has 30 heavy (non-hydrogen) atoms. The first-order chi connectivity index (χ1) is 14.6. The number of nitrogens with one attached hydrogen (secondary N) is 1. The summed E-state index contributed by atoms with van der Waals surface area (Å²) in [6.07, 6.45) is 11.3. The summed E-state index contributed by atoms with van der Waals surface area (Å²) in [4.78, 5) is 23.2. The molecule has 5 heteroatoms. The molecule has 2 rings (SSSR count). The van der Waals surface area contributed by atoms with Gasteiger partial charge in [-0.2, -0.15) is 0 Å². The molecule has 1 N–H and O–H groups in total. The molecule has 2 aromatic carbocycles. The lowest BCUT2D eigenvalue weighted by molar-refractivity contribution is -0.384. The van der Waals surface area contributed by atoms with Crippen LogP contribution in [0.3, 0.4) is 0 Å². The number of hydrogen-bond acceptors (Lipinski definition) is 3. The van der Waals surface area contributed by atoms with Crippen molar-refractivity contribution in [2.45, 2.75) is 58.3 Å². The largest absolute Gasteiger partial charge is 0.353 e. The first-order valence-electron chi connectivity index (χ1n) is 10.9. The molecule has 1 amide bonds. The van der Waals surface area contributed by atoms with E-state index in [1.54, 1.807) is 18.2 Å². The maximum atomic E-state index is 12.5. The molecule has 0 unspecified atom stereocenters. The maximum absolute atomic E-state index is 12.5. The van der Waals surface area contributed by atoms with Gasteiger partial charge >= 0.3 is 0 Å². The number of nitro benzene ring substituents is 1. The molecule has 0 fully saturated rings. The van der Waals surface area contributed by atoms with Gasteiger partial charge in [0.2, 0.25) is 5.91 Å². The number of rotatable bonds is 13. The molecule has 0 aliphatic heterocycles. The lowest BCUT2D eigenvalue weighted by Gasteiger charge is -2.09. The van der Waals surface area contributed by atoms with Crippen molar-refractivity contribution in [2.75, 3.05) is 6.54 Å². The van der Waals surface area contributed by atoms with Crippen molar-refractivity contribution >= 4 is 17.2 Å². The molecule has 0 bridgehead atoms. The Bertz CT molecular complexity index is 831. The van der Waals surface area contributed by atoms with Gasteiger partial charge in [-0.1, -0.05) is 94.3 Å². The van der Waals surface area contributed by atoms with Crippen LogP contribution in [0.25, 0.3) is 5.57 Å². The van der Waals surface area contributed by atoms with Gasteiger partial charge in [-0.05, 0) is 23.1 Å². The van der Waals surface area contributed by atoms with Crippen LogP contribution in [0.1, 0.15) is 69.4 Å². The van der Waals surface area contributed by atoms with Crippen molar-refractivity contribution in [3.05, 3.63) is 81.9 Å². The molecule has 5 nitrogen and oxygen atoms in total. The molecular weight excluding hydrogens is 376 g/mol. The molecule has 0 spiro atoms. The average molecular weight is 409 g/mol. The number of hydrogen-bond donors (Lipinski definition) is 1. The van der Waals surface area contributed by atoms with Crippen LogP contribution in [0.2, 0.25) is 0 Å². The third-order valence-corrected chi connectivity index (χ3v) is 5.06. The highest BCUT2D eigenvalue weighted by Gasteiger charge is 2.12. The predicted octanol–water partition coefficient (Wildman–Crippen LogP) is 6.28. The lowest BCUT2D eigenvalue weighted by Crippen LogP contribution is -2.22. The first kappa shape index (κ1) is 23.3. The number of carbonyl (C=O) groups is 1. The Morgan fingerprint density at radius 1 is 0.900 bits per heavy atom. The van der Waals surface area contributed by atoms with Crippen molar-refractivity contribution in [3.63, 3.8) is 0 Å². The summed E-state index contributed by atoms with van der Waals surface area (Å²) in [6.45, 7) is 2.86. The Hall–Kier alpha value is -2.95. The van der Waals surface area contributed by atoms with E-state index in [0.29, 0.717) is 17.7 Å². The van der Waals surface area contributed by atoms with Gasteiger partial charge < -0.3 is 5.32 Å². The molecule has 2 aromatic rings. The van der Waals surface area contributed by atoms with Crippen LogP contribution in [-0.2, 0) is 4.79 Å². The number of benzene rings is 2. The van der Waals surface area contributed by atoms with Crippen LogP contribution in [0, 0.1) is 10.1 Å². The van der Waals surface area contributed by atoms with E-state index in [1.165, 1.54) is 50.7 Å². The van der Waals surface area contributed by atoms with Crippen molar-refractivity contribution < 1.29 is 9.72 Å². The lowest BCUT2D eigenvalue weighted by atomic mass is 9.97. The number of non-ortho nitro benzene ring substituents is 1. The van der Waals surface area contributed by atoms with Gasteiger partial charge in [0, 0.05) is 24.8 Å². The maximum Gasteiger partial charge on any atom is 0.270 e. The molecule has 0 atom stereocenters. The molecule has 0 radical (unpaired) electrons. The summed E-state index contributed by atoms with van der Waals surface area (Å²) in [5.41, 5.74) is 2.18. The minimum Gasteiger partial charge on any atom is -0.353 e. The van der Waals surface area contributed by atoms with E-state index >= 15 is 0 Å². The number of amides is 1. The molecule has 0 aliphatic rings. The Kier molecular flexibility index (Phi) is 10.3. The van der Waals surface area contributed by atoms with Crippen molar-refractivity contribution in [3.8, 4) is 0 Å². The third-order valence-electron chi connectivity index (χ3n) is 5.06. The van der Waals surface area contributed by atoms with E-state index in [1.807, 2.05) is 30.3 Å². The van der Waals surface area contributed by atoms with Gasteiger partial charge in [-0.3, -0.25) is 14.9 Å². The van der Waals surface area contributed by atoms with E-state index in [2.05, 4.69) is 12.2 Å². The molecule has 0 saturated carbocycles. The van der Waals surface area contributed by atoms with Crippen molar-refractivity contribution in [2.24, 2.45) is 0 Å². The summed E-state index contributed by atoms with van der Waals surface area (Å²) < 4.78 is 0. The molecule has 0 saturated heterocycles. The third kappa shape index (κ3) is 8.19.